The number of pyridine rings is 1. The van der Waals surface area contributed by atoms with E-state index in [1.54, 1.807) is 30.6 Å². The van der Waals surface area contributed by atoms with Gasteiger partial charge in [0.1, 0.15) is 17.5 Å². The highest BCUT2D eigenvalue weighted by Gasteiger charge is 2.27. The van der Waals surface area contributed by atoms with Gasteiger partial charge in [-0.1, -0.05) is 41.1 Å². The quantitative estimate of drug-likeness (QED) is 0.191. The lowest BCUT2D eigenvalue weighted by Gasteiger charge is -2.27. The smallest absolute Gasteiger partial charge is 0.267 e. The zero-order valence-electron chi connectivity index (χ0n) is 25.8. The summed E-state index contributed by atoms with van der Waals surface area (Å²) in [5.74, 6) is -1.28. The number of halogens is 3. The minimum absolute atomic E-state index is 0.0123. The van der Waals surface area contributed by atoms with Crippen LogP contribution in [0.4, 0.5) is 37.1 Å². The van der Waals surface area contributed by atoms with Crippen LogP contribution in [0.5, 0.6) is 0 Å². The number of hydrogen-bond donors (Lipinski definition) is 2. The molecule has 2 aliphatic rings. The second-order valence-electron chi connectivity index (χ2n) is 11.0. The number of sulfonamides is 1. The van der Waals surface area contributed by atoms with Gasteiger partial charge in [0.15, 0.2) is 10.0 Å². The van der Waals surface area contributed by atoms with E-state index in [0.29, 0.717) is 78.1 Å². The van der Waals surface area contributed by atoms with Crippen LogP contribution >= 0.6 is 22.9 Å². The topological polar surface area (TPSA) is 135 Å². The van der Waals surface area contributed by atoms with Crippen molar-refractivity contribution in [2.75, 3.05) is 72.4 Å². The molecule has 49 heavy (non-hydrogen) atoms. The third-order valence-corrected chi connectivity index (χ3v) is 10.8. The second kappa shape index (κ2) is 14.2. The van der Waals surface area contributed by atoms with Crippen molar-refractivity contribution in [1.82, 2.24) is 19.9 Å². The first-order valence-corrected chi connectivity index (χ1v) is 17.9. The van der Waals surface area contributed by atoms with E-state index in [-0.39, 0.29) is 10.7 Å². The summed E-state index contributed by atoms with van der Waals surface area (Å²) >= 11 is 8.22. The first-order valence-electron chi connectivity index (χ1n) is 15.3. The molecule has 3 aromatic heterocycles. The van der Waals surface area contributed by atoms with Crippen LogP contribution in [0.25, 0.3) is 21.8 Å². The molecule has 2 aliphatic heterocycles. The largest absolute Gasteiger partial charge is 0.378 e. The number of nitrogens with zero attached hydrogens (tertiary/aromatic N) is 6. The molecule has 0 radical (unpaired) electrons. The maximum absolute atomic E-state index is 14.4. The summed E-state index contributed by atoms with van der Waals surface area (Å²) in [6.07, 6.45) is 3.34. The van der Waals surface area contributed by atoms with Gasteiger partial charge in [0.25, 0.3) is 10.0 Å². The number of aromatic nitrogens is 4. The summed E-state index contributed by atoms with van der Waals surface area (Å²) in [6, 6.07) is 13.1. The standard InChI is InChI=1S/C32H29ClF2N8O4S2/c33-27-21(3-1-6-24(27)41-49(44,45)30-22(34)4-2-5-23(30)35)28-29(48-32(40-28)43-13-17-47-18-14-43)25-9-10-36-31(39-25)38-20-7-8-26(37-19-20)42-11-15-46-16-12-42/h1-10,19,41H,11-18H2,(H,36,38,39). The summed E-state index contributed by atoms with van der Waals surface area (Å²) < 4.78 is 68.3. The molecule has 5 aromatic rings. The highest BCUT2D eigenvalue weighted by atomic mass is 35.5. The number of benzene rings is 2. The van der Waals surface area contributed by atoms with Crippen molar-refractivity contribution in [2.24, 2.45) is 0 Å². The monoisotopic (exact) mass is 726 g/mol. The van der Waals surface area contributed by atoms with E-state index in [4.69, 9.17) is 31.0 Å². The minimum atomic E-state index is -4.68. The molecule has 0 unspecified atom stereocenters. The third kappa shape index (κ3) is 7.14. The van der Waals surface area contributed by atoms with Crippen molar-refractivity contribution in [3.63, 3.8) is 0 Å². The fourth-order valence-corrected chi connectivity index (χ4v) is 8.03. The molecule has 0 saturated carbocycles. The van der Waals surface area contributed by atoms with Gasteiger partial charge in [-0.3, -0.25) is 4.72 Å². The molecule has 0 atom stereocenters. The van der Waals surface area contributed by atoms with Crippen molar-refractivity contribution in [3.05, 3.63) is 83.6 Å². The predicted molar refractivity (Wildman–Crippen MR) is 184 cm³/mol. The van der Waals surface area contributed by atoms with Crippen molar-refractivity contribution >= 4 is 61.2 Å². The van der Waals surface area contributed by atoms with Crippen molar-refractivity contribution in [2.45, 2.75) is 4.90 Å². The van der Waals surface area contributed by atoms with Gasteiger partial charge in [-0.25, -0.2) is 37.1 Å². The van der Waals surface area contributed by atoms with Gasteiger partial charge >= 0.3 is 0 Å². The zero-order valence-corrected chi connectivity index (χ0v) is 28.2. The summed E-state index contributed by atoms with van der Waals surface area (Å²) in [4.78, 5) is 22.5. The molecule has 7 rings (SSSR count). The molecule has 2 fully saturated rings. The average molecular weight is 727 g/mol. The van der Waals surface area contributed by atoms with Gasteiger partial charge in [0.2, 0.25) is 5.95 Å². The van der Waals surface area contributed by atoms with E-state index in [9.17, 15) is 17.2 Å². The van der Waals surface area contributed by atoms with Crippen LogP contribution in [0.2, 0.25) is 5.02 Å². The number of ether oxygens (including phenoxy) is 2. The summed E-state index contributed by atoms with van der Waals surface area (Å²) in [5, 5.41) is 3.89. The van der Waals surface area contributed by atoms with Crippen LogP contribution in [0.1, 0.15) is 0 Å². The Kier molecular flexibility index (Phi) is 9.55. The van der Waals surface area contributed by atoms with Gasteiger partial charge in [0, 0.05) is 37.9 Å². The van der Waals surface area contributed by atoms with E-state index in [1.165, 1.54) is 17.4 Å². The Morgan fingerprint density at radius 1 is 0.837 bits per heavy atom. The maximum Gasteiger partial charge on any atom is 0.267 e. The second-order valence-corrected chi connectivity index (χ2v) is 14.0. The lowest BCUT2D eigenvalue weighted by atomic mass is 10.1. The van der Waals surface area contributed by atoms with Crippen molar-refractivity contribution in [3.8, 4) is 21.8 Å². The van der Waals surface area contributed by atoms with E-state index in [0.717, 1.165) is 37.1 Å². The van der Waals surface area contributed by atoms with E-state index in [2.05, 4.69) is 29.8 Å². The maximum atomic E-state index is 14.4. The molecule has 0 amide bonds. The fourth-order valence-electron chi connectivity index (χ4n) is 5.40. The van der Waals surface area contributed by atoms with Gasteiger partial charge in [0.05, 0.1) is 65.3 Å². The van der Waals surface area contributed by atoms with E-state index < -0.39 is 26.6 Å². The molecular formula is C32H29ClF2N8O4S2. The molecule has 12 nitrogen and oxygen atoms in total. The number of hydrogen-bond acceptors (Lipinski definition) is 12. The molecule has 17 heteroatoms. The average Bonchev–Trinajstić information content (AvgIpc) is 3.56. The van der Waals surface area contributed by atoms with Gasteiger partial charge in [-0.05, 0) is 36.4 Å². The highest BCUT2D eigenvalue weighted by Crippen LogP contribution is 2.44. The molecule has 2 N–H and O–H groups in total. The summed E-state index contributed by atoms with van der Waals surface area (Å²) in [6.45, 7) is 5.19. The predicted octanol–water partition coefficient (Wildman–Crippen LogP) is 5.81. The normalized spacial score (nSPS) is 15.3. The minimum Gasteiger partial charge on any atom is -0.378 e. The number of nitrogens with one attached hydrogen (secondary N) is 2. The van der Waals surface area contributed by atoms with Gasteiger partial charge < -0.3 is 24.6 Å². The molecule has 2 saturated heterocycles. The molecule has 2 aromatic carbocycles. The van der Waals surface area contributed by atoms with Gasteiger partial charge in [-0.15, -0.1) is 0 Å². The number of morpholine rings is 2. The summed E-state index contributed by atoms with van der Waals surface area (Å²) in [5.41, 5.74) is 1.99. The molecule has 0 bridgehead atoms. The lowest BCUT2D eigenvalue weighted by Crippen LogP contribution is -2.36. The summed E-state index contributed by atoms with van der Waals surface area (Å²) in [7, 11) is -4.68. The highest BCUT2D eigenvalue weighted by molar-refractivity contribution is 7.92. The Bertz CT molecular complexity index is 2060. The molecular weight excluding hydrogens is 698 g/mol. The van der Waals surface area contributed by atoms with Crippen LogP contribution in [0.3, 0.4) is 0 Å². The Morgan fingerprint density at radius 3 is 2.22 bits per heavy atom. The molecule has 5 heterocycles. The molecule has 254 valence electrons. The van der Waals surface area contributed by atoms with E-state index >= 15 is 0 Å². The lowest BCUT2D eigenvalue weighted by molar-refractivity contribution is 0.122. The van der Waals surface area contributed by atoms with Crippen LogP contribution in [-0.4, -0.2) is 81.0 Å². The number of thiazole rings is 1. The Morgan fingerprint density at radius 2 is 1.53 bits per heavy atom. The first-order chi connectivity index (χ1) is 23.8. The van der Waals surface area contributed by atoms with Crippen LogP contribution in [0.15, 0.2) is 71.9 Å². The fraction of sp³-hybridized carbons (Fsp3) is 0.250. The Balaban J connectivity index is 1.22. The Labute approximate surface area is 289 Å². The van der Waals surface area contributed by atoms with Crippen molar-refractivity contribution in [1.29, 1.82) is 0 Å². The van der Waals surface area contributed by atoms with Crippen LogP contribution in [0, 0.1) is 11.6 Å². The van der Waals surface area contributed by atoms with E-state index in [1.807, 2.05) is 12.1 Å². The van der Waals surface area contributed by atoms with Gasteiger partial charge in [-0.2, -0.15) is 0 Å². The first kappa shape index (κ1) is 33.0. The van der Waals surface area contributed by atoms with Crippen LogP contribution < -0.4 is 19.8 Å². The zero-order chi connectivity index (χ0) is 34.0. The van der Waals surface area contributed by atoms with Crippen molar-refractivity contribution < 1.29 is 26.7 Å². The number of rotatable bonds is 9. The Hall–Kier alpha value is -4.48. The SMILES string of the molecule is O=S(=O)(Nc1cccc(-c2nc(N3CCOCC3)sc2-c2ccnc(Nc3ccc(N4CCOCC4)nc3)n2)c1Cl)c1c(F)cccc1F. The molecule has 0 spiro atoms. The number of anilines is 5. The molecule has 0 aliphatic carbocycles. The van der Waals surface area contributed by atoms with Crippen LogP contribution in [-0.2, 0) is 19.5 Å². The third-order valence-electron chi connectivity index (χ3n) is 7.81.